The SMILES string of the molecule is NC1=C(O)C=C(O)C(N)(N)C1C=Cc1ccc(O)cc1. The highest BCUT2D eigenvalue weighted by Gasteiger charge is 2.39. The average molecular weight is 275 g/mol. The number of aromatic hydroxyl groups is 1. The van der Waals surface area contributed by atoms with Crippen molar-refractivity contribution >= 4 is 6.08 Å². The summed E-state index contributed by atoms with van der Waals surface area (Å²) in [5, 5.41) is 28.6. The van der Waals surface area contributed by atoms with Crippen molar-refractivity contribution in [3.8, 4) is 5.75 Å². The predicted octanol–water partition coefficient (Wildman–Crippen LogP) is 0.819. The van der Waals surface area contributed by atoms with Gasteiger partial charge in [-0.05, 0) is 17.7 Å². The smallest absolute Gasteiger partial charge is 0.138 e. The van der Waals surface area contributed by atoms with Gasteiger partial charge in [0.05, 0.1) is 11.6 Å². The molecule has 0 bridgehead atoms. The molecular weight excluding hydrogens is 258 g/mol. The van der Waals surface area contributed by atoms with E-state index in [1.807, 2.05) is 0 Å². The molecule has 6 nitrogen and oxygen atoms in total. The molecule has 106 valence electrons. The molecule has 1 unspecified atom stereocenters. The third-order valence-electron chi connectivity index (χ3n) is 3.24. The van der Waals surface area contributed by atoms with Crippen LogP contribution >= 0.6 is 0 Å². The van der Waals surface area contributed by atoms with Crippen LogP contribution in [-0.2, 0) is 0 Å². The predicted molar refractivity (Wildman–Crippen MR) is 76.3 cm³/mol. The fourth-order valence-corrected chi connectivity index (χ4v) is 1.97. The van der Waals surface area contributed by atoms with E-state index in [0.717, 1.165) is 11.6 Å². The summed E-state index contributed by atoms with van der Waals surface area (Å²) in [5.41, 5.74) is 16.8. The number of aliphatic hydroxyl groups excluding tert-OH is 2. The summed E-state index contributed by atoms with van der Waals surface area (Å²) in [6, 6.07) is 6.46. The molecule has 1 aromatic rings. The Kier molecular flexibility index (Phi) is 3.44. The summed E-state index contributed by atoms with van der Waals surface area (Å²) >= 11 is 0. The van der Waals surface area contributed by atoms with Crippen molar-refractivity contribution in [2.24, 2.45) is 23.1 Å². The highest BCUT2D eigenvalue weighted by Crippen LogP contribution is 2.30. The summed E-state index contributed by atoms with van der Waals surface area (Å²) in [5.74, 6) is -1.19. The van der Waals surface area contributed by atoms with E-state index in [-0.39, 0.29) is 23.0 Å². The van der Waals surface area contributed by atoms with Crippen molar-refractivity contribution in [3.63, 3.8) is 0 Å². The molecule has 2 rings (SSSR count). The molecule has 0 saturated heterocycles. The fraction of sp³-hybridized carbons (Fsp3) is 0.143. The minimum atomic E-state index is -1.58. The van der Waals surface area contributed by atoms with Gasteiger partial charge in [0.15, 0.2) is 0 Å². The molecule has 6 heteroatoms. The van der Waals surface area contributed by atoms with Gasteiger partial charge in [0.25, 0.3) is 0 Å². The molecule has 1 aliphatic carbocycles. The summed E-state index contributed by atoms with van der Waals surface area (Å²) in [6.07, 6.45) is 4.33. The van der Waals surface area contributed by atoms with E-state index in [0.29, 0.717) is 0 Å². The molecule has 0 fully saturated rings. The Bertz CT molecular complexity index is 601. The highest BCUT2D eigenvalue weighted by atomic mass is 16.3. The lowest BCUT2D eigenvalue weighted by molar-refractivity contribution is 0.246. The van der Waals surface area contributed by atoms with Crippen LogP contribution in [-0.4, -0.2) is 21.0 Å². The Balaban J connectivity index is 2.32. The number of hydrogen-bond acceptors (Lipinski definition) is 6. The number of benzene rings is 1. The van der Waals surface area contributed by atoms with Crippen LogP contribution in [0.5, 0.6) is 5.75 Å². The van der Waals surface area contributed by atoms with Crippen LogP contribution in [0.1, 0.15) is 5.56 Å². The van der Waals surface area contributed by atoms with Crippen molar-refractivity contribution in [2.75, 3.05) is 0 Å². The van der Waals surface area contributed by atoms with Gasteiger partial charge in [-0.2, -0.15) is 0 Å². The zero-order chi connectivity index (χ0) is 14.9. The quantitative estimate of drug-likeness (QED) is 0.442. The van der Waals surface area contributed by atoms with Crippen LogP contribution in [0.25, 0.3) is 6.08 Å². The van der Waals surface area contributed by atoms with Gasteiger partial charge in [0.2, 0.25) is 0 Å². The third-order valence-corrected chi connectivity index (χ3v) is 3.24. The Morgan fingerprint density at radius 3 is 2.25 bits per heavy atom. The van der Waals surface area contributed by atoms with Gasteiger partial charge in [-0.1, -0.05) is 24.3 Å². The number of aliphatic hydroxyl groups is 2. The summed E-state index contributed by atoms with van der Waals surface area (Å²) in [6.45, 7) is 0. The number of phenolic OH excluding ortho intramolecular Hbond substituents is 1. The van der Waals surface area contributed by atoms with Crippen molar-refractivity contribution in [2.45, 2.75) is 5.66 Å². The second kappa shape index (κ2) is 4.92. The first-order valence-corrected chi connectivity index (χ1v) is 5.97. The van der Waals surface area contributed by atoms with E-state index in [4.69, 9.17) is 17.2 Å². The number of allylic oxidation sites excluding steroid dienone is 1. The fourth-order valence-electron chi connectivity index (χ4n) is 1.97. The normalized spacial score (nSPS) is 22.1. The Morgan fingerprint density at radius 2 is 1.65 bits per heavy atom. The van der Waals surface area contributed by atoms with Gasteiger partial charge in [0, 0.05) is 6.08 Å². The minimum Gasteiger partial charge on any atom is -0.509 e. The summed E-state index contributed by atoms with van der Waals surface area (Å²) in [7, 11) is 0. The lowest BCUT2D eigenvalue weighted by Gasteiger charge is -2.34. The van der Waals surface area contributed by atoms with Crippen molar-refractivity contribution < 1.29 is 15.3 Å². The number of nitrogens with two attached hydrogens (primary N) is 3. The van der Waals surface area contributed by atoms with Crippen LogP contribution in [0.2, 0.25) is 0 Å². The Labute approximate surface area is 116 Å². The third kappa shape index (κ3) is 2.47. The van der Waals surface area contributed by atoms with E-state index in [2.05, 4.69) is 0 Å². The molecule has 0 amide bonds. The highest BCUT2D eigenvalue weighted by molar-refractivity contribution is 5.53. The Hall–Kier alpha value is -2.44. The van der Waals surface area contributed by atoms with Crippen LogP contribution < -0.4 is 17.2 Å². The minimum absolute atomic E-state index is 0.0860. The van der Waals surface area contributed by atoms with Crippen molar-refractivity contribution in [3.05, 3.63) is 59.2 Å². The first-order chi connectivity index (χ1) is 9.32. The number of hydrogen-bond donors (Lipinski definition) is 6. The lowest BCUT2D eigenvalue weighted by atomic mass is 9.84. The maximum Gasteiger partial charge on any atom is 0.138 e. The lowest BCUT2D eigenvalue weighted by Crippen LogP contribution is -2.59. The largest absolute Gasteiger partial charge is 0.509 e. The molecule has 0 saturated carbocycles. The average Bonchev–Trinajstić information content (AvgIpc) is 2.39. The van der Waals surface area contributed by atoms with E-state index in [9.17, 15) is 15.3 Å². The van der Waals surface area contributed by atoms with Crippen LogP contribution in [0, 0.1) is 5.92 Å². The molecule has 1 atom stereocenters. The first kappa shape index (κ1) is 14.0. The van der Waals surface area contributed by atoms with Gasteiger partial charge < -0.3 is 32.5 Å². The molecule has 1 aliphatic rings. The van der Waals surface area contributed by atoms with Crippen LogP contribution in [0.4, 0.5) is 0 Å². The molecule has 0 heterocycles. The Morgan fingerprint density at radius 1 is 1.05 bits per heavy atom. The van der Waals surface area contributed by atoms with Crippen molar-refractivity contribution in [1.29, 1.82) is 0 Å². The molecule has 9 N–H and O–H groups in total. The molecule has 0 aliphatic heterocycles. The molecule has 0 radical (unpaired) electrons. The number of rotatable bonds is 2. The van der Waals surface area contributed by atoms with Gasteiger partial charge in [-0.3, -0.25) is 0 Å². The standard InChI is InChI=1S/C14H17N3O3/c15-13-10(14(16,17)12(20)7-11(13)19)6-3-8-1-4-9(18)5-2-8/h1-7,10,18-20H,15-17H2. The summed E-state index contributed by atoms with van der Waals surface area (Å²) < 4.78 is 0. The monoisotopic (exact) mass is 275 g/mol. The van der Waals surface area contributed by atoms with Gasteiger partial charge in [0.1, 0.15) is 22.9 Å². The first-order valence-electron chi connectivity index (χ1n) is 5.97. The maximum absolute atomic E-state index is 9.72. The topological polar surface area (TPSA) is 139 Å². The van der Waals surface area contributed by atoms with E-state index >= 15 is 0 Å². The zero-order valence-corrected chi connectivity index (χ0v) is 10.7. The van der Waals surface area contributed by atoms with Crippen molar-refractivity contribution in [1.82, 2.24) is 0 Å². The van der Waals surface area contributed by atoms with Gasteiger partial charge in [-0.25, -0.2) is 0 Å². The van der Waals surface area contributed by atoms with Crippen LogP contribution in [0.15, 0.2) is 53.6 Å². The second-order valence-electron chi connectivity index (χ2n) is 4.73. The molecule has 0 aromatic heterocycles. The van der Waals surface area contributed by atoms with Crippen LogP contribution in [0.3, 0.4) is 0 Å². The molecule has 1 aromatic carbocycles. The zero-order valence-electron chi connectivity index (χ0n) is 10.7. The second-order valence-corrected chi connectivity index (χ2v) is 4.73. The van der Waals surface area contributed by atoms with E-state index < -0.39 is 11.6 Å². The molecular formula is C14H17N3O3. The summed E-state index contributed by atoms with van der Waals surface area (Å²) in [4.78, 5) is 0. The van der Waals surface area contributed by atoms with Gasteiger partial charge in [-0.15, -0.1) is 0 Å². The van der Waals surface area contributed by atoms with E-state index in [1.54, 1.807) is 24.3 Å². The van der Waals surface area contributed by atoms with Gasteiger partial charge >= 0.3 is 0 Å². The molecule has 0 spiro atoms. The molecule has 20 heavy (non-hydrogen) atoms. The number of phenols is 1. The van der Waals surface area contributed by atoms with E-state index in [1.165, 1.54) is 12.1 Å². The maximum atomic E-state index is 9.72.